The molecule has 0 N–H and O–H groups in total. The summed E-state index contributed by atoms with van der Waals surface area (Å²) in [4.78, 5) is 0. The predicted octanol–water partition coefficient (Wildman–Crippen LogP) is 9.66. The molecule has 0 aromatic heterocycles. The average molecular weight is 447 g/mol. The van der Waals surface area contributed by atoms with Crippen LogP contribution in [0.15, 0.2) is 49.0 Å². The first-order valence-electron chi connectivity index (χ1n) is 13.5. The van der Waals surface area contributed by atoms with Crippen molar-refractivity contribution in [3.8, 4) is 0 Å². The van der Waals surface area contributed by atoms with Gasteiger partial charge in [0.2, 0.25) is 0 Å². The smallest absolute Gasteiger partial charge is 0.127 e. The Morgan fingerprint density at radius 3 is 2.36 bits per heavy atom. The second kappa shape index (κ2) is 10.6. The van der Waals surface area contributed by atoms with E-state index in [1.54, 1.807) is 11.6 Å². The van der Waals surface area contributed by atoms with Crippen LogP contribution in [0.4, 0.5) is 4.39 Å². The Morgan fingerprint density at radius 2 is 1.73 bits per heavy atom. The third-order valence-electron chi connectivity index (χ3n) is 8.75. The van der Waals surface area contributed by atoms with E-state index < -0.39 is 0 Å². The van der Waals surface area contributed by atoms with Gasteiger partial charge in [0.1, 0.15) is 5.82 Å². The molecule has 2 saturated carbocycles. The van der Waals surface area contributed by atoms with Crippen LogP contribution in [0.3, 0.4) is 0 Å². The first-order chi connectivity index (χ1) is 15.9. The Kier molecular flexibility index (Phi) is 7.77. The first-order valence-corrected chi connectivity index (χ1v) is 13.5. The van der Waals surface area contributed by atoms with E-state index >= 15 is 0 Å². The van der Waals surface area contributed by atoms with Crippen LogP contribution in [-0.4, -0.2) is 0 Å². The molecule has 2 aliphatic rings. The standard InChI is InChI=1S/C32H43F/c1-5-7-25-19-30(27-11-9-23(3)10-12-27)22-32(21-25)17-15-26(16-18-32)24(4)29-14-13-28(8-6-2)31(33)20-29/h9-14,20,25-26,30H,4-8,15-19,21-22H2,1-3H3. The van der Waals surface area contributed by atoms with Crippen molar-refractivity contribution in [1.29, 1.82) is 0 Å². The molecule has 2 unspecified atom stereocenters. The molecule has 178 valence electrons. The highest BCUT2D eigenvalue weighted by Gasteiger charge is 2.43. The maximum atomic E-state index is 14.6. The molecule has 0 aliphatic heterocycles. The molecule has 0 nitrogen and oxygen atoms in total. The van der Waals surface area contributed by atoms with Crippen molar-refractivity contribution in [2.75, 3.05) is 0 Å². The van der Waals surface area contributed by atoms with E-state index in [0.29, 0.717) is 17.3 Å². The molecular formula is C32H43F. The highest BCUT2D eigenvalue weighted by Crippen LogP contribution is 2.56. The lowest BCUT2D eigenvalue weighted by atomic mass is 9.56. The first kappa shape index (κ1) is 24.2. The molecule has 1 heteroatoms. The van der Waals surface area contributed by atoms with E-state index in [1.165, 1.54) is 63.4 Å². The van der Waals surface area contributed by atoms with Crippen molar-refractivity contribution in [3.05, 3.63) is 77.1 Å². The zero-order chi connectivity index (χ0) is 23.4. The van der Waals surface area contributed by atoms with Crippen molar-refractivity contribution in [3.63, 3.8) is 0 Å². The minimum absolute atomic E-state index is 0.0570. The molecule has 33 heavy (non-hydrogen) atoms. The molecule has 2 aromatic carbocycles. The zero-order valence-electron chi connectivity index (χ0n) is 21.1. The van der Waals surface area contributed by atoms with Crippen LogP contribution in [0.2, 0.25) is 0 Å². The largest absolute Gasteiger partial charge is 0.207 e. The van der Waals surface area contributed by atoms with E-state index in [-0.39, 0.29) is 5.82 Å². The van der Waals surface area contributed by atoms with Crippen LogP contribution < -0.4 is 0 Å². The van der Waals surface area contributed by atoms with Gasteiger partial charge in [0.25, 0.3) is 0 Å². The molecule has 2 aliphatic carbocycles. The van der Waals surface area contributed by atoms with Crippen LogP contribution in [0, 0.1) is 30.0 Å². The van der Waals surface area contributed by atoms with Gasteiger partial charge in [0, 0.05) is 0 Å². The highest BCUT2D eigenvalue weighted by molar-refractivity contribution is 5.65. The highest BCUT2D eigenvalue weighted by atomic mass is 19.1. The number of aryl methyl sites for hydroxylation is 2. The van der Waals surface area contributed by atoms with E-state index in [1.807, 2.05) is 6.07 Å². The Morgan fingerprint density at radius 1 is 1.00 bits per heavy atom. The Bertz CT molecular complexity index is 929. The number of hydrogen-bond acceptors (Lipinski definition) is 0. The van der Waals surface area contributed by atoms with Crippen molar-refractivity contribution in [2.24, 2.45) is 17.3 Å². The fraction of sp³-hybridized carbons (Fsp3) is 0.562. The molecule has 0 radical (unpaired) electrons. The average Bonchev–Trinajstić information content (AvgIpc) is 2.81. The summed E-state index contributed by atoms with van der Waals surface area (Å²) < 4.78 is 14.6. The van der Waals surface area contributed by atoms with Crippen molar-refractivity contribution in [1.82, 2.24) is 0 Å². The van der Waals surface area contributed by atoms with Gasteiger partial charge in [0.15, 0.2) is 0 Å². The number of halogens is 1. The van der Waals surface area contributed by atoms with Gasteiger partial charge < -0.3 is 0 Å². The summed E-state index contributed by atoms with van der Waals surface area (Å²) in [6.07, 6.45) is 13.6. The lowest BCUT2D eigenvalue weighted by Crippen LogP contribution is -2.36. The second-order valence-electron chi connectivity index (χ2n) is 11.3. The Balaban J connectivity index is 1.45. The molecule has 0 saturated heterocycles. The fourth-order valence-electron chi connectivity index (χ4n) is 6.95. The number of allylic oxidation sites excluding steroid dienone is 1. The summed E-state index contributed by atoms with van der Waals surface area (Å²) in [6, 6.07) is 15.2. The molecule has 4 rings (SSSR count). The lowest BCUT2D eigenvalue weighted by molar-refractivity contribution is 0.0608. The topological polar surface area (TPSA) is 0 Å². The third-order valence-corrected chi connectivity index (χ3v) is 8.75. The molecular weight excluding hydrogens is 403 g/mol. The van der Waals surface area contributed by atoms with E-state index in [2.05, 4.69) is 57.7 Å². The molecule has 0 bridgehead atoms. The second-order valence-corrected chi connectivity index (χ2v) is 11.3. The quantitative estimate of drug-likeness (QED) is 0.397. The van der Waals surface area contributed by atoms with E-state index in [4.69, 9.17) is 0 Å². The van der Waals surface area contributed by atoms with Gasteiger partial charge in [-0.05, 0) is 110 Å². The monoisotopic (exact) mass is 446 g/mol. The summed E-state index contributed by atoms with van der Waals surface area (Å²) >= 11 is 0. The summed E-state index contributed by atoms with van der Waals surface area (Å²) in [7, 11) is 0. The minimum atomic E-state index is -0.0570. The maximum Gasteiger partial charge on any atom is 0.127 e. The van der Waals surface area contributed by atoms with Crippen LogP contribution in [-0.2, 0) is 6.42 Å². The molecule has 0 heterocycles. The van der Waals surface area contributed by atoms with Crippen LogP contribution in [0.5, 0.6) is 0 Å². The SMILES string of the molecule is C=C(c1ccc(CCC)c(F)c1)C1CCC2(CC1)CC(CCC)CC(c1ccc(C)cc1)C2. The normalized spacial score (nSPS) is 27.6. The van der Waals surface area contributed by atoms with Gasteiger partial charge in [-0.25, -0.2) is 4.39 Å². The third kappa shape index (κ3) is 5.61. The number of rotatable bonds is 7. The van der Waals surface area contributed by atoms with Crippen LogP contribution in [0.1, 0.15) is 106 Å². The minimum Gasteiger partial charge on any atom is -0.207 e. The van der Waals surface area contributed by atoms with Crippen molar-refractivity contribution < 1.29 is 4.39 Å². The molecule has 2 fully saturated rings. The van der Waals surface area contributed by atoms with Gasteiger partial charge in [-0.1, -0.05) is 81.7 Å². The lowest BCUT2D eigenvalue weighted by Gasteiger charge is -2.49. The van der Waals surface area contributed by atoms with Gasteiger partial charge in [-0.15, -0.1) is 0 Å². The molecule has 1 spiro atoms. The zero-order valence-corrected chi connectivity index (χ0v) is 21.1. The van der Waals surface area contributed by atoms with Crippen molar-refractivity contribution >= 4 is 5.57 Å². The summed E-state index contributed by atoms with van der Waals surface area (Å²) in [5.74, 6) is 2.00. The van der Waals surface area contributed by atoms with Gasteiger partial charge in [-0.3, -0.25) is 0 Å². The summed E-state index contributed by atoms with van der Waals surface area (Å²) in [5, 5.41) is 0. The Hall–Kier alpha value is -1.89. The summed E-state index contributed by atoms with van der Waals surface area (Å²) in [5.41, 5.74) is 6.40. The predicted molar refractivity (Wildman–Crippen MR) is 140 cm³/mol. The van der Waals surface area contributed by atoms with Gasteiger partial charge in [-0.2, -0.15) is 0 Å². The van der Waals surface area contributed by atoms with Crippen molar-refractivity contribution in [2.45, 2.75) is 97.3 Å². The van der Waals surface area contributed by atoms with Gasteiger partial charge >= 0.3 is 0 Å². The fourth-order valence-corrected chi connectivity index (χ4v) is 6.95. The molecule has 2 aromatic rings. The van der Waals surface area contributed by atoms with Gasteiger partial charge in [0.05, 0.1) is 0 Å². The number of hydrogen-bond donors (Lipinski definition) is 0. The van der Waals surface area contributed by atoms with E-state index in [0.717, 1.165) is 35.5 Å². The maximum absolute atomic E-state index is 14.6. The summed E-state index contributed by atoms with van der Waals surface area (Å²) in [6.45, 7) is 11.1. The molecule has 2 atom stereocenters. The molecule has 0 amide bonds. The van der Waals surface area contributed by atoms with Crippen LogP contribution in [0.25, 0.3) is 5.57 Å². The van der Waals surface area contributed by atoms with E-state index in [9.17, 15) is 4.39 Å². The number of benzene rings is 2. The Labute approximate surface area is 201 Å². The van der Waals surface area contributed by atoms with Crippen LogP contribution >= 0.6 is 0 Å².